The molecule has 0 unspecified atom stereocenters. The molecule has 1 aromatic rings. The molecule has 1 aromatic heterocycles. The third-order valence-electron chi connectivity index (χ3n) is 1.74. The van der Waals surface area contributed by atoms with Crippen molar-refractivity contribution in [1.29, 1.82) is 0 Å². The van der Waals surface area contributed by atoms with Crippen LogP contribution in [0, 0.1) is 0 Å². The molecule has 76 valence electrons. The van der Waals surface area contributed by atoms with Crippen LogP contribution in [0.3, 0.4) is 0 Å². The Kier molecular flexibility index (Phi) is 3.00. The first kappa shape index (κ1) is 10.4. The van der Waals surface area contributed by atoms with Crippen molar-refractivity contribution in [1.82, 2.24) is 4.98 Å². The molecule has 0 radical (unpaired) electrons. The number of hydrazine groups is 2. The maximum Gasteiger partial charge on any atom is 0.335 e. The van der Waals surface area contributed by atoms with Gasteiger partial charge in [-0.2, -0.15) is 0 Å². The van der Waals surface area contributed by atoms with Gasteiger partial charge in [0.15, 0.2) is 5.82 Å². The lowest BCUT2D eigenvalue weighted by Gasteiger charge is -2.11. The van der Waals surface area contributed by atoms with E-state index < -0.39 is 5.97 Å². The average Bonchev–Trinajstić information content (AvgIpc) is 2.16. The number of carboxylic acids is 1. The van der Waals surface area contributed by atoms with Crippen LogP contribution in [0.15, 0.2) is 12.1 Å². The fraction of sp³-hybridized carbons (Fsp3) is 0.250. The van der Waals surface area contributed by atoms with Gasteiger partial charge in [0.1, 0.15) is 0 Å². The van der Waals surface area contributed by atoms with Crippen molar-refractivity contribution in [3.8, 4) is 0 Å². The van der Waals surface area contributed by atoms with Crippen molar-refractivity contribution in [2.45, 2.75) is 13.3 Å². The van der Waals surface area contributed by atoms with E-state index in [1.807, 2.05) is 6.92 Å². The molecule has 1 heterocycles. The van der Waals surface area contributed by atoms with Gasteiger partial charge in [-0.05, 0) is 18.6 Å². The third-order valence-corrected chi connectivity index (χ3v) is 1.74. The lowest BCUT2D eigenvalue weighted by Crippen LogP contribution is -2.38. The molecule has 0 aliphatic heterocycles. The number of aromatic nitrogens is 1. The van der Waals surface area contributed by atoms with Crippen LogP contribution in [0.2, 0.25) is 0 Å². The van der Waals surface area contributed by atoms with Crippen molar-refractivity contribution in [2.75, 3.05) is 5.12 Å². The van der Waals surface area contributed by atoms with Crippen LogP contribution in [0.1, 0.15) is 23.0 Å². The standard InChI is InChI=1S/C8H12N4O2/c1-2-6-3-5(8(13)14)4-7(11-6)12(9)10/h3-4H,2,9-10H2,1H3,(H,13,14). The Hall–Kier alpha value is -1.66. The fourth-order valence-electron chi connectivity index (χ4n) is 1.01. The van der Waals surface area contributed by atoms with Crippen molar-refractivity contribution in [3.05, 3.63) is 23.4 Å². The van der Waals surface area contributed by atoms with E-state index in [1.165, 1.54) is 12.1 Å². The molecule has 0 saturated heterocycles. The molecule has 0 saturated carbocycles. The summed E-state index contributed by atoms with van der Waals surface area (Å²) in [5, 5.41) is 9.58. The molecule has 0 spiro atoms. The van der Waals surface area contributed by atoms with Gasteiger partial charge in [0.2, 0.25) is 0 Å². The van der Waals surface area contributed by atoms with Gasteiger partial charge in [-0.25, -0.2) is 26.6 Å². The molecule has 0 aliphatic rings. The summed E-state index contributed by atoms with van der Waals surface area (Å²) < 4.78 is 0. The van der Waals surface area contributed by atoms with Crippen LogP contribution in [0.5, 0.6) is 0 Å². The Morgan fingerprint density at radius 3 is 2.64 bits per heavy atom. The highest BCUT2D eigenvalue weighted by atomic mass is 16.4. The molecular weight excluding hydrogens is 184 g/mol. The zero-order valence-electron chi connectivity index (χ0n) is 7.77. The Morgan fingerprint density at radius 2 is 2.21 bits per heavy atom. The van der Waals surface area contributed by atoms with E-state index in [0.29, 0.717) is 12.1 Å². The van der Waals surface area contributed by atoms with Crippen LogP contribution in [0.4, 0.5) is 5.82 Å². The van der Waals surface area contributed by atoms with E-state index in [2.05, 4.69) is 4.98 Å². The van der Waals surface area contributed by atoms with E-state index in [0.717, 1.165) is 5.12 Å². The zero-order valence-corrected chi connectivity index (χ0v) is 7.77. The number of aromatic carboxylic acids is 1. The van der Waals surface area contributed by atoms with Crippen molar-refractivity contribution in [3.63, 3.8) is 0 Å². The number of nitrogens with two attached hydrogens (primary N) is 2. The van der Waals surface area contributed by atoms with Crippen LogP contribution >= 0.6 is 0 Å². The maximum atomic E-state index is 10.7. The normalized spacial score (nSPS) is 9.93. The van der Waals surface area contributed by atoms with Gasteiger partial charge in [-0.15, -0.1) is 0 Å². The fourth-order valence-corrected chi connectivity index (χ4v) is 1.01. The predicted octanol–water partition coefficient (Wildman–Crippen LogP) is -0.104. The SMILES string of the molecule is CCc1cc(C(=O)O)cc(N(N)N)n1. The molecule has 1 rings (SSSR count). The second-order valence-corrected chi connectivity index (χ2v) is 2.77. The van der Waals surface area contributed by atoms with Gasteiger partial charge in [0.05, 0.1) is 5.56 Å². The minimum atomic E-state index is -1.02. The quantitative estimate of drug-likeness (QED) is 0.460. The molecular formula is C8H12N4O2. The Morgan fingerprint density at radius 1 is 1.57 bits per heavy atom. The lowest BCUT2D eigenvalue weighted by molar-refractivity contribution is 0.0696. The van der Waals surface area contributed by atoms with Gasteiger partial charge in [-0.3, -0.25) is 0 Å². The average molecular weight is 196 g/mol. The van der Waals surface area contributed by atoms with Gasteiger partial charge in [0, 0.05) is 5.69 Å². The minimum Gasteiger partial charge on any atom is -0.478 e. The molecule has 0 aromatic carbocycles. The summed E-state index contributed by atoms with van der Waals surface area (Å²) in [6, 6.07) is 2.82. The first-order valence-corrected chi connectivity index (χ1v) is 4.08. The number of anilines is 1. The molecule has 14 heavy (non-hydrogen) atoms. The van der Waals surface area contributed by atoms with Crippen molar-refractivity contribution in [2.24, 2.45) is 11.7 Å². The topological polar surface area (TPSA) is 105 Å². The van der Waals surface area contributed by atoms with Gasteiger partial charge in [0.25, 0.3) is 0 Å². The highest BCUT2D eigenvalue weighted by Gasteiger charge is 2.08. The molecule has 0 amide bonds. The van der Waals surface area contributed by atoms with Gasteiger partial charge in [-0.1, -0.05) is 6.92 Å². The van der Waals surface area contributed by atoms with Gasteiger partial charge >= 0.3 is 5.97 Å². The summed E-state index contributed by atoms with van der Waals surface area (Å²) >= 11 is 0. The van der Waals surface area contributed by atoms with E-state index in [9.17, 15) is 4.79 Å². The van der Waals surface area contributed by atoms with Gasteiger partial charge < -0.3 is 5.11 Å². The Balaban J connectivity index is 3.20. The number of hydrogen-bond donors (Lipinski definition) is 3. The van der Waals surface area contributed by atoms with E-state index in [1.54, 1.807) is 0 Å². The number of pyridine rings is 1. The first-order valence-electron chi connectivity index (χ1n) is 4.08. The molecule has 6 heteroatoms. The molecule has 6 nitrogen and oxygen atoms in total. The Labute approximate surface area is 81.1 Å². The molecule has 0 fully saturated rings. The summed E-state index contributed by atoms with van der Waals surface area (Å²) in [6.45, 7) is 1.87. The lowest BCUT2D eigenvalue weighted by atomic mass is 10.2. The third kappa shape index (κ3) is 2.18. The number of aryl methyl sites for hydroxylation is 1. The van der Waals surface area contributed by atoms with Crippen LogP contribution < -0.4 is 16.8 Å². The smallest absolute Gasteiger partial charge is 0.335 e. The number of carboxylic acid groups (broad SMARTS) is 1. The summed E-state index contributed by atoms with van der Waals surface area (Å²) in [6.07, 6.45) is 0.627. The van der Waals surface area contributed by atoms with Crippen LogP contribution in [-0.2, 0) is 6.42 Å². The second kappa shape index (κ2) is 4.03. The van der Waals surface area contributed by atoms with Crippen molar-refractivity contribution < 1.29 is 9.90 Å². The number of nitrogens with zero attached hydrogens (tertiary/aromatic N) is 2. The molecule has 0 atom stereocenters. The summed E-state index contributed by atoms with van der Waals surface area (Å²) in [4.78, 5) is 14.8. The maximum absolute atomic E-state index is 10.7. The highest BCUT2D eigenvalue weighted by Crippen LogP contribution is 2.11. The molecule has 0 bridgehead atoms. The molecule has 5 N–H and O–H groups in total. The van der Waals surface area contributed by atoms with Crippen molar-refractivity contribution >= 4 is 11.8 Å². The number of hydrogen-bond acceptors (Lipinski definition) is 5. The van der Waals surface area contributed by atoms with Crippen LogP contribution in [0.25, 0.3) is 0 Å². The predicted molar refractivity (Wildman–Crippen MR) is 51.4 cm³/mol. The number of rotatable bonds is 3. The first-order chi connectivity index (χ1) is 6.54. The minimum absolute atomic E-state index is 0.132. The Bertz CT molecular complexity index is 351. The highest BCUT2D eigenvalue weighted by molar-refractivity contribution is 5.88. The monoisotopic (exact) mass is 196 g/mol. The summed E-state index contributed by atoms with van der Waals surface area (Å²) in [5.74, 6) is 9.74. The van der Waals surface area contributed by atoms with Crippen LogP contribution in [-0.4, -0.2) is 16.1 Å². The zero-order chi connectivity index (χ0) is 10.7. The summed E-state index contributed by atoms with van der Waals surface area (Å²) in [5.41, 5.74) is 0.772. The van der Waals surface area contributed by atoms with E-state index in [4.69, 9.17) is 16.8 Å². The number of carbonyl (C=O) groups is 1. The second-order valence-electron chi connectivity index (χ2n) is 2.77. The molecule has 0 aliphatic carbocycles. The summed E-state index contributed by atoms with van der Waals surface area (Å²) in [7, 11) is 0. The largest absolute Gasteiger partial charge is 0.478 e. The van der Waals surface area contributed by atoms with E-state index in [-0.39, 0.29) is 11.4 Å². The van der Waals surface area contributed by atoms with E-state index >= 15 is 0 Å².